The van der Waals surface area contributed by atoms with E-state index in [0.29, 0.717) is 18.4 Å². The molecule has 1 fully saturated rings. The molecule has 0 aromatic heterocycles. The third kappa shape index (κ3) is 4.83. The molecule has 4 nitrogen and oxygen atoms in total. The second kappa shape index (κ2) is 7.05. The maximum absolute atomic E-state index is 12.1. The summed E-state index contributed by atoms with van der Waals surface area (Å²) in [5.41, 5.74) is 2.09. The van der Waals surface area contributed by atoms with Crippen LogP contribution in [0.15, 0.2) is 24.3 Å². The van der Waals surface area contributed by atoms with E-state index >= 15 is 0 Å². The minimum absolute atomic E-state index is 0.0123. The molecule has 0 aliphatic heterocycles. The van der Waals surface area contributed by atoms with Gasteiger partial charge in [0.05, 0.1) is 12.6 Å². The first kappa shape index (κ1) is 16.0. The van der Waals surface area contributed by atoms with Gasteiger partial charge in [0.2, 0.25) is 5.91 Å². The van der Waals surface area contributed by atoms with Gasteiger partial charge in [-0.15, -0.1) is 0 Å². The Hall–Kier alpha value is -1.39. The number of aliphatic hydroxyl groups is 1. The quantitative estimate of drug-likeness (QED) is 0.846. The van der Waals surface area contributed by atoms with Crippen molar-refractivity contribution in [3.8, 4) is 0 Å². The van der Waals surface area contributed by atoms with Crippen molar-refractivity contribution < 1.29 is 9.90 Å². The maximum atomic E-state index is 12.1. The van der Waals surface area contributed by atoms with Crippen LogP contribution < -0.4 is 5.32 Å². The second-order valence-electron chi connectivity index (χ2n) is 6.52. The van der Waals surface area contributed by atoms with Crippen molar-refractivity contribution in [1.82, 2.24) is 4.90 Å². The molecule has 1 aliphatic carbocycles. The molecular weight excluding hydrogens is 264 g/mol. The molecule has 0 bridgehead atoms. The fourth-order valence-electron chi connectivity index (χ4n) is 2.78. The maximum Gasteiger partial charge on any atom is 0.238 e. The van der Waals surface area contributed by atoms with Gasteiger partial charge in [0.1, 0.15) is 0 Å². The number of nitrogens with one attached hydrogen (secondary N) is 1. The molecule has 2 rings (SSSR count). The number of carbonyl (C=O) groups is 1. The largest absolute Gasteiger partial charge is 0.393 e. The first-order chi connectivity index (χ1) is 9.94. The number of hydrogen-bond acceptors (Lipinski definition) is 3. The van der Waals surface area contributed by atoms with E-state index in [0.717, 1.165) is 25.1 Å². The van der Waals surface area contributed by atoms with Gasteiger partial charge in [0.25, 0.3) is 0 Å². The zero-order valence-electron chi connectivity index (χ0n) is 13.2. The van der Waals surface area contributed by atoms with E-state index in [9.17, 15) is 9.90 Å². The Morgan fingerprint density at radius 2 is 2.14 bits per heavy atom. The topological polar surface area (TPSA) is 52.6 Å². The summed E-state index contributed by atoms with van der Waals surface area (Å²) in [4.78, 5) is 14.1. The molecule has 0 unspecified atom stereocenters. The molecule has 0 spiro atoms. The lowest BCUT2D eigenvalue weighted by Gasteiger charge is -2.34. The summed E-state index contributed by atoms with van der Waals surface area (Å²) in [6, 6.07) is 8.01. The van der Waals surface area contributed by atoms with E-state index in [1.807, 2.05) is 30.1 Å². The molecule has 2 N–H and O–H groups in total. The van der Waals surface area contributed by atoms with Crippen molar-refractivity contribution in [1.29, 1.82) is 0 Å². The van der Waals surface area contributed by atoms with Gasteiger partial charge in [0, 0.05) is 12.2 Å². The van der Waals surface area contributed by atoms with Crippen molar-refractivity contribution in [3.63, 3.8) is 0 Å². The van der Waals surface area contributed by atoms with E-state index in [1.54, 1.807) is 0 Å². The monoisotopic (exact) mass is 290 g/mol. The highest BCUT2D eigenvalue weighted by Gasteiger charge is 2.28. The fraction of sp³-hybridized carbons (Fsp3) is 0.588. The van der Waals surface area contributed by atoms with Crippen molar-refractivity contribution in [2.24, 2.45) is 5.92 Å². The van der Waals surface area contributed by atoms with Crippen molar-refractivity contribution >= 4 is 11.6 Å². The average Bonchev–Trinajstić information content (AvgIpc) is 2.36. The van der Waals surface area contributed by atoms with E-state index in [1.165, 1.54) is 5.56 Å². The van der Waals surface area contributed by atoms with Crippen molar-refractivity contribution in [2.75, 3.05) is 25.5 Å². The normalized spacial score (nSPS) is 21.4. The summed E-state index contributed by atoms with van der Waals surface area (Å²) >= 11 is 0. The zero-order valence-corrected chi connectivity index (χ0v) is 13.2. The Morgan fingerprint density at radius 3 is 2.76 bits per heavy atom. The molecule has 116 valence electrons. The lowest BCUT2D eigenvalue weighted by Crippen LogP contribution is -2.39. The van der Waals surface area contributed by atoms with Crippen LogP contribution in [0.4, 0.5) is 5.69 Å². The third-order valence-corrected chi connectivity index (χ3v) is 4.03. The van der Waals surface area contributed by atoms with Gasteiger partial charge < -0.3 is 10.4 Å². The summed E-state index contributed by atoms with van der Waals surface area (Å²) in [6.07, 6.45) is 1.60. The highest BCUT2D eigenvalue weighted by atomic mass is 16.3. The third-order valence-electron chi connectivity index (χ3n) is 4.03. The summed E-state index contributed by atoms with van der Waals surface area (Å²) in [5, 5.41) is 12.2. The molecule has 0 saturated heterocycles. The molecule has 1 aliphatic rings. The Bertz CT molecular complexity index is 481. The Kier molecular flexibility index (Phi) is 5.37. The Morgan fingerprint density at radius 1 is 1.43 bits per heavy atom. The molecule has 21 heavy (non-hydrogen) atoms. The number of likely N-dealkylation sites (N-methyl/N-ethyl adjacent to an activating group) is 1. The minimum atomic E-state index is -0.129. The van der Waals surface area contributed by atoms with E-state index in [4.69, 9.17) is 0 Å². The molecular formula is C17H26N2O2. The predicted molar refractivity (Wildman–Crippen MR) is 85.4 cm³/mol. The first-order valence-corrected chi connectivity index (χ1v) is 7.70. The van der Waals surface area contributed by atoms with Crippen LogP contribution in [0.1, 0.15) is 38.2 Å². The standard InChI is InChI=1S/C17H26N2O2/c1-12(2)14-5-4-6-15(9-14)18-17(21)11-19(3)10-13-7-16(20)8-13/h4-6,9,12-13,16,20H,7-8,10-11H2,1-3H3,(H,18,21). The number of benzene rings is 1. The predicted octanol–water partition coefficient (Wildman–Crippen LogP) is 2.45. The lowest BCUT2D eigenvalue weighted by atomic mass is 9.82. The second-order valence-corrected chi connectivity index (χ2v) is 6.52. The van der Waals surface area contributed by atoms with Gasteiger partial charge in [0.15, 0.2) is 0 Å². The van der Waals surface area contributed by atoms with Crippen LogP contribution in [0.5, 0.6) is 0 Å². The molecule has 0 heterocycles. The molecule has 1 saturated carbocycles. The van der Waals surface area contributed by atoms with Crippen LogP contribution in [0.2, 0.25) is 0 Å². The molecule has 1 aromatic carbocycles. The number of nitrogens with zero attached hydrogens (tertiary/aromatic N) is 1. The molecule has 1 amide bonds. The Balaban J connectivity index is 1.79. The molecule has 0 radical (unpaired) electrons. The molecule has 0 atom stereocenters. The smallest absolute Gasteiger partial charge is 0.238 e. The first-order valence-electron chi connectivity index (χ1n) is 7.70. The summed E-state index contributed by atoms with van der Waals surface area (Å²) in [5.74, 6) is 0.995. The van der Waals surface area contributed by atoms with Crippen LogP contribution in [0.3, 0.4) is 0 Å². The van der Waals surface area contributed by atoms with Gasteiger partial charge >= 0.3 is 0 Å². The number of aliphatic hydroxyl groups excluding tert-OH is 1. The average molecular weight is 290 g/mol. The van der Waals surface area contributed by atoms with Crippen LogP contribution in [-0.4, -0.2) is 42.2 Å². The van der Waals surface area contributed by atoms with E-state index < -0.39 is 0 Å². The summed E-state index contributed by atoms with van der Waals surface area (Å²) < 4.78 is 0. The van der Waals surface area contributed by atoms with Crippen LogP contribution >= 0.6 is 0 Å². The number of carbonyl (C=O) groups excluding carboxylic acids is 1. The summed E-state index contributed by atoms with van der Waals surface area (Å²) in [7, 11) is 1.95. The zero-order chi connectivity index (χ0) is 15.4. The summed E-state index contributed by atoms with van der Waals surface area (Å²) in [6.45, 7) is 5.54. The van der Waals surface area contributed by atoms with Crippen LogP contribution in [0.25, 0.3) is 0 Å². The SMILES string of the molecule is CC(C)c1cccc(NC(=O)CN(C)CC2CC(O)C2)c1. The Labute approximate surface area is 127 Å². The minimum Gasteiger partial charge on any atom is -0.393 e. The number of anilines is 1. The van der Waals surface area contributed by atoms with E-state index in [-0.39, 0.29) is 12.0 Å². The van der Waals surface area contributed by atoms with Crippen molar-refractivity contribution in [3.05, 3.63) is 29.8 Å². The van der Waals surface area contributed by atoms with Gasteiger partial charge in [-0.25, -0.2) is 0 Å². The highest BCUT2D eigenvalue weighted by molar-refractivity contribution is 5.92. The van der Waals surface area contributed by atoms with E-state index in [2.05, 4.69) is 25.2 Å². The molecule has 4 heteroatoms. The van der Waals surface area contributed by atoms with Crippen molar-refractivity contribution in [2.45, 2.75) is 38.7 Å². The van der Waals surface area contributed by atoms with Crippen LogP contribution in [-0.2, 0) is 4.79 Å². The number of hydrogen-bond donors (Lipinski definition) is 2. The van der Waals surface area contributed by atoms with Gasteiger partial charge in [-0.2, -0.15) is 0 Å². The van der Waals surface area contributed by atoms with Gasteiger partial charge in [-0.05, 0) is 49.4 Å². The lowest BCUT2D eigenvalue weighted by molar-refractivity contribution is -0.117. The van der Waals surface area contributed by atoms with Crippen LogP contribution in [0, 0.1) is 5.92 Å². The number of rotatable bonds is 6. The van der Waals surface area contributed by atoms with Gasteiger partial charge in [-0.1, -0.05) is 26.0 Å². The molecule has 1 aromatic rings. The fourth-order valence-corrected chi connectivity index (χ4v) is 2.78. The van der Waals surface area contributed by atoms with Gasteiger partial charge in [-0.3, -0.25) is 9.69 Å². The number of amides is 1. The highest BCUT2D eigenvalue weighted by Crippen LogP contribution is 2.27.